The van der Waals surface area contributed by atoms with Crippen LogP contribution < -0.4 is 5.32 Å². The molecule has 0 bridgehead atoms. The molecule has 0 aliphatic heterocycles. The van der Waals surface area contributed by atoms with Gasteiger partial charge in [0.05, 0.1) is 11.7 Å². The second-order valence-electron chi connectivity index (χ2n) is 5.44. The van der Waals surface area contributed by atoms with E-state index in [9.17, 15) is 23.1 Å². The summed E-state index contributed by atoms with van der Waals surface area (Å²) in [6.07, 6.45) is -5.01. The van der Waals surface area contributed by atoms with Gasteiger partial charge in [0, 0.05) is 19.6 Å². The van der Waals surface area contributed by atoms with E-state index in [1.54, 1.807) is 19.9 Å². The summed E-state index contributed by atoms with van der Waals surface area (Å²) in [5.41, 5.74) is -0.547. The Morgan fingerprint density at radius 2 is 1.91 bits per heavy atom. The number of aliphatic hydroxyl groups excluding tert-OH is 1. The van der Waals surface area contributed by atoms with Gasteiger partial charge in [-0.3, -0.25) is 0 Å². The first-order valence-electron chi connectivity index (χ1n) is 6.96. The van der Waals surface area contributed by atoms with E-state index in [-0.39, 0.29) is 18.5 Å². The summed E-state index contributed by atoms with van der Waals surface area (Å²) in [5.74, 6) is 0. The lowest BCUT2D eigenvalue weighted by molar-refractivity contribution is -0.138. The SMILES string of the molecule is C[C@H](O)CN(C)C(=O)N[C@H](C)Cc1ccccc1C(F)(F)F. The van der Waals surface area contributed by atoms with Crippen LogP contribution in [-0.4, -0.2) is 41.8 Å². The van der Waals surface area contributed by atoms with E-state index in [1.165, 1.54) is 24.1 Å². The predicted molar refractivity (Wildman–Crippen MR) is 77.5 cm³/mol. The van der Waals surface area contributed by atoms with E-state index in [2.05, 4.69) is 5.32 Å². The lowest BCUT2D eigenvalue weighted by Crippen LogP contribution is -2.45. The monoisotopic (exact) mass is 318 g/mol. The first kappa shape index (κ1) is 18.3. The van der Waals surface area contributed by atoms with Gasteiger partial charge in [-0.1, -0.05) is 18.2 Å². The van der Waals surface area contributed by atoms with E-state index in [0.717, 1.165) is 6.07 Å². The molecule has 2 atom stereocenters. The van der Waals surface area contributed by atoms with Crippen LogP contribution in [0.5, 0.6) is 0 Å². The number of nitrogens with one attached hydrogen (secondary N) is 1. The fourth-order valence-electron chi connectivity index (χ4n) is 2.16. The number of rotatable bonds is 5. The first-order valence-corrected chi connectivity index (χ1v) is 6.96. The van der Waals surface area contributed by atoms with Crippen LogP contribution in [0.1, 0.15) is 25.0 Å². The molecule has 0 heterocycles. The molecule has 2 amide bonds. The minimum Gasteiger partial charge on any atom is -0.392 e. The summed E-state index contributed by atoms with van der Waals surface area (Å²) in [5, 5.41) is 11.8. The molecule has 1 aromatic carbocycles. The standard InChI is InChI=1S/C15H21F3N2O2/c1-10(19-14(22)20(3)9-11(2)21)8-12-6-4-5-7-13(12)15(16,17)18/h4-7,10-11,21H,8-9H2,1-3H3,(H,19,22)/t10-,11+/m1/s1. The molecule has 4 nitrogen and oxygen atoms in total. The highest BCUT2D eigenvalue weighted by Gasteiger charge is 2.33. The lowest BCUT2D eigenvalue weighted by Gasteiger charge is -2.23. The van der Waals surface area contributed by atoms with Gasteiger partial charge in [-0.2, -0.15) is 13.2 Å². The molecule has 0 radical (unpaired) electrons. The van der Waals surface area contributed by atoms with Crippen LogP contribution in [0.4, 0.5) is 18.0 Å². The number of carbonyl (C=O) groups excluding carboxylic acids is 1. The molecule has 0 saturated carbocycles. The molecular formula is C15H21F3N2O2. The van der Waals surface area contributed by atoms with Crippen LogP contribution in [0.3, 0.4) is 0 Å². The second kappa shape index (κ2) is 7.49. The van der Waals surface area contributed by atoms with E-state index in [1.807, 2.05) is 0 Å². The first-order chi connectivity index (χ1) is 10.1. The molecule has 0 saturated heterocycles. The molecule has 0 aromatic heterocycles. The van der Waals surface area contributed by atoms with Crippen molar-refractivity contribution >= 4 is 6.03 Å². The van der Waals surface area contributed by atoms with Gasteiger partial charge in [-0.05, 0) is 31.9 Å². The number of amides is 2. The van der Waals surface area contributed by atoms with Crippen molar-refractivity contribution in [1.82, 2.24) is 10.2 Å². The van der Waals surface area contributed by atoms with Gasteiger partial charge in [0.2, 0.25) is 0 Å². The number of alkyl halides is 3. The van der Waals surface area contributed by atoms with Crippen molar-refractivity contribution in [1.29, 1.82) is 0 Å². The van der Waals surface area contributed by atoms with Crippen molar-refractivity contribution in [2.75, 3.05) is 13.6 Å². The molecule has 0 unspecified atom stereocenters. The quantitative estimate of drug-likeness (QED) is 0.877. The largest absolute Gasteiger partial charge is 0.416 e. The Balaban J connectivity index is 2.70. The minimum atomic E-state index is -4.41. The Labute approximate surface area is 127 Å². The van der Waals surface area contributed by atoms with Crippen LogP contribution in [0.25, 0.3) is 0 Å². The van der Waals surface area contributed by atoms with E-state index in [0.29, 0.717) is 0 Å². The topological polar surface area (TPSA) is 52.6 Å². The Morgan fingerprint density at radius 3 is 2.45 bits per heavy atom. The molecule has 0 aliphatic rings. The van der Waals surface area contributed by atoms with Gasteiger partial charge >= 0.3 is 12.2 Å². The van der Waals surface area contributed by atoms with Crippen molar-refractivity contribution in [3.8, 4) is 0 Å². The second-order valence-corrected chi connectivity index (χ2v) is 5.44. The maximum Gasteiger partial charge on any atom is 0.416 e. The average Bonchev–Trinajstić information content (AvgIpc) is 2.36. The molecular weight excluding hydrogens is 297 g/mol. The molecule has 124 valence electrons. The Morgan fingerprint density at radius 1 is 1.32 bits per heavy atom. The van der Waals surface area contributed by atoms with Crippen molar-refractivity contribution in [2.24, 2.45) is 0 Å². The zero-order valence-electron chi connectivity index (χ0n) is 12.8. The molecule has 1 aromatic rings. The Kier molecular flexibility index (Phi) is 6.22. The van der Waals surface area contributed by atoms with Crippen LogP contribution >= 0.6 is 0 Å². The number of benzene rings is 1. The van der Waals surface area contributed by atoms with Crippen LogP contribution in [0.15, 0.2) is 24.3 Å². The zero-order chi connectivity index (χ0) is 16.9. The smallest absolute Gasteiger partial charge is 0.392 e. The van der Waals surface area contributed by atoms with Gasteiger partial charge in [-0.15, -0.1) is 0 Å². The highest BCUT2D eigenvalue weighted by molar-refractivity contribution is 5.74. The number of hydrogen-bond donors (Lipinski definition) is 2. The van der Waals surface area contributed by atoms with Crippen molar-refractivity contribution < 1.29 is 23.1 Å². The molecule has 7 heteroatoms. The molecule has 2 N–H and O–H groups in total. The zero-order valence-corrected chi connectivity index (χ0v) is 12.8. The van der Waals surface area contributed by atoms with Gasteiger partial charge in [0.1, 0.15) is 0 Å². The summed E-state index contributed by atoms with van der Waals surface area (Å²) in [6.45, 7) is 3.34. The maximum absolute atomic E-state index is 12.9. The number of halogens is 3. The highest BCUT2D eigenvalue weighted by atomic mass is 19.4. The van der Waals surface area contributed by atoms with Crippen LogP contribution in [0.2, 0.25) is 0 Å². The minimum absolute atomic E-state index is 0.0734. The highest BCUT2D eigenvalue weighted by Crippen LogP contribution is 2.32. The third-order valence-electron chi connectivity index (χ3n) is 3.10. The maximum atomic E-state index is 12.9. The summed E-state index contributed by atoms with van der Waals surface area (Å²) in [4.78, 5) is 13.1. The summed E-state index contributed by atoms with van der Waals surface area (Å²) in [7, 11) is 1.51. The molecule has 0 spiro atoms. The number of aliphatic hydroxyl groups is 1. The normalized spacial score (nSPS) is 14.3. The van der Waals surface area contributed by atoms with Gasteiger partial charge in [-0.25, -0.2) is 4.79 Å². The lowest BCUT2D eigenvalue weighted by atomic mass is 10.0. The van der Waals surface area contributed by atoms with E-state index in [4.69, 9.17) is 0 Å². The molecule has 0 aliphatic carbocycles. The number of urea groups is 1. The fourth-order valence-corrected chi connectivity index (χ4v) is 2.16. The van der Waals surface area contributed by atoms with Gasteiger partial charge < -0.3 is 15.3 Å². The number of carbonyl (C=O) groups is 1. The van der Waals surface area contributed by atoms with Crippen LogP contribution in [-0.2, 0) is 12.6 Å². The van der Waals surface area contributed by atoms with Gasteiger partial charge in [0.15, 0.2) is 0 Å². The molecule has 22 heavy (non-hydrogen) atoms. The van der Waals surface area contributed by atoms with Crippen molar-refractivity contribution in [3.05, 3.63) is 35.4 Å². The summed E-state index contributed by atoms with van der Waals surface area (Å²) < 4.78 is 38.7. The third kappa shape index (κ3) is 5.55. The molecule has 0 fully saturated rings. The third-order valence-corrected chi connectivity index (χ3v) is 3.10. The van der Waals surface area contributed by atoms with Crippen molar-refractivity contribution in [2.45, 2.75) is 38.6 Å². The van der Waals surface area contributed by atoms with Crippen LogP contribution in [0, 0.1) is 0 Å². The number of hydrogen-bond acceptors (Lipinski definition) is 2. The Bertz CT molecular complexity index is 504. The van der Waals surface area contributed by atoms with Gasteiger partial charge in [0.25, 0.3) is 0 Å². The van der Waals surface area contributed by atoms with E-state index < -0.39 is 29.9 Å². The molecule has 1 rings (SSSR count). The number of nitrogens with zero attached hydrogens (tertiary/aromatic N) is 1. The van der Waals surface area contributed by atoms with Crippen molar-refractivity contribution in [3.63, 3.8) is 0 Å². The number of likely N-dealkylation sites (N-methyl/N-ethyl adjacent to an activating group) is 1. The average molecular weight is 318 g/mol. The summed E-state index contributed by atoms with van der Waals surface area (Å²) >= 11 is 0. The van der Waals surface area contributed by atoms with E-state index >= 15 is 0 Å². The predicted octanol–water partition coefficient (Wildman–Crippen LogP) is 2.66. The summed E-state index contributed by atoms with van der Waals surface area (Å²) in [6, 6.07) is 4.42. The Hall–Kier alpha value is -1.76. The fraction of sp³-hybridized carbons (Fsp3) is 0.533.